The summed E-state index contributed by atoms with van der Waals surface area (Å²) < 4.78 is 29.7. The zero-order valence-electron chi connectivity index (χ0n) is 16.1. The summed E-state index contributed by atoms with van der Waals surface area (Å²) in [6.07, 6.45) is 3.23. The Morgan fingerprint density at radius 1 is 1.34 bits per heavy atom. The summed E-state index contributed by atoms with van der Waals surface area (Å²) in [5.41, 5.74) is 1.57. The van der Waals surface area contributed by atoms with Gasteiger partial charge < -0.3 is 20.3 Å². The summed E-state index contributed by atoms with van der Waals surface area (Å²) in [7, 11) is 1.65. The van der Waals surface area contributed by atoms with Crippen molar-refractivity contribution in [1.29, 1.82) is 0 Å². The highest BCUT2D eigenvalue weighted by atomic mass is 35.5. The minimum absolute atomic E-state index is 0.0873. The summed E-state index contributed by atoms with van der Waals surface area (Å²) >= 11 is 7.66. The molecule has 0 radical (unpaired) electrons. The van der Waals surface area contributed by atoms with Crippen LogP contribution in [0, 0.1) is 0 Å². The Morgan fingerprint density at radius 3 is 2.86 bits per heavy atom. The van der Waals surface area contributed by atoms with E-state index in [1.165, 1.54) is 25.0 Å². The first-order valence-electron chi connectivity index (χ1n) is 9.42. The van der Waals surface area contributed by atoms with Gasteiger partial charge in [0, 0.05) is 55.6 Å². The van der Waals surface area contributed by atoms with E-state index < -0.39 is 6.61 Å². The zero-order valence-corrected chi connectivity index (χ0v) is 17.7. The van der Waals surface area contributed by atoms with E-state index in [-0.39, 0.29) is 12.3 Å². The fourth-order valence-electron chi connectivity index (χ4n) is 3.07. The van der Waals surface area contributed by atoms with Gasteiger partial charge in [-0.3, -0.25) is 4.99 Å². The molecular weight excluding hydrogens is 420 g/mol. The summed E-state index contributed by atoms with van der Waals surface area (Å²) in [6.45, 7) is 0.179. The molecule has 0 spiro atoms. The Kier molecular flexibility index (Phi) is 7.88. The maximum absolute atomic E-state index is 12.6. The molecule has 0 saturated carbocycles. The van der Waals surface area contributed by atoms with Crippen molar-refractivity contribution in [3.8, 4) is 5.75 Å². The number of nitrogens with one attached hydrogen (secondary N) is 2. The first-order valence-corrected chi connectivity index (χ1v) is 10.7. The van der Waals surface area contributed by atoms with Crippen molar-refractivity contribution in [3.63, 3.8) is 0 Å². The molecule has 6 nitrogen and oxygen atoms in total. The van der Waals surface area contributed by atoms with Crippen molar-refractivity contribution in [1.82, 2.24) is 15.6 Å². The second-order valence-corrected chi connectivity index (χ2v) is 7.82. The fraction of sp³-hybridized carbons (Fsp3) is 0.474. The molecule has 29 heavy (non-hydrogen) atoms. The van der Waals surface area contributed by atoms with Gasteiger partial charge >= 0.3 is 6.61 Å². The minimum atomic E-state index is -2.89. The van der Waals surface area contributed by atoms with Crippen LogP contribution in [0.25, 0.3) is 0 Å². The molecule has 1 aromatic carbocycles. The molecule has 3 rings (SSSR count). The molecule has 1 aliphatic rings. The predicted molar refractivity (Wildman–Crippen MR) is 114 cm³/mol. The number of halogens is 3. The van der Waals surface area contributed by atoms with Crippen molar-refractivity contribution in [2.45, 2.75) is 32.4 Å². The van der Waals surface area contributed by atoms with E-state index >= 15 is 0 Å². The second-order valence-electron chi connectivity index (χ2n) is 6.55. The number of hydrogen-bond donors (Lipinski definition) is 2. The van der Waals surface area contributed by atoms with E-state index in [1.807, 2.05) is 0 Å². The maximum atomic E-state index is 12.6. The Labute approximate surface area is 177 Å². The largest absolute Gasteiger partial charge is 0.434 e. The van der Waals surface area contributed by atoms with Crippen LogP contribution in [0.15, 0.2) is 28.6 Å². The lowest BCUT2D eigenvalue weighted by molar-refractivity contribution is -0.0504. The van der Waals surface area contributed by atoms with Crippen LogP contribution in [0.2, 0.25) is 5.02 Å². The van der Waals surface area contributed by atoms with Gasteiger partial charge in [0.1, 0.15) is 5.75 Å². The number of nitrogens with zero attached hydrogens (tertiary/aromatic N) is 3. The van der Waals surface area contributed by atoms with Gasteiger partial charge in [-0.15, -0.1) is 11.3 Å². The van der Waals surface area contributed by atoms with E-state index in [4.69, 9.17) is 16.6 Å². The standard InChI is InChI=1S/C19H24ClF2N5OS/c1-23-18(25-11-13-10-14(20)4-5-16(13)28-17(21)22)24-7-6-15-12-29-19(26-15)27-8-2-3-9-27/h4-5,10,12,17H,2-3,6-9,11H2,1H3,(H2,23,24,25). The highest BCUT2D eigenvalue weighted by Crippen LogP contribution is 2.25. The molecule has 0 atom stereocenters. The number of ether oxygens (including phenoxy) is 1. The number of aliphatic imine (C=N–C) groups is 1. The van der Waals surface area contributed by atoms with Crippen LogP contribution in [0.1, 0.15) is 24.1 Å². The van der Waals surface area contributed by atoms with E-state index in [0.717, 1.165) is 30.3 Å². The summed E-state index contributed by atoms with van der Waals surface area (Å²) in [5, 5.41) is 9.93. The van der Waals surface area contributed by atoms with Crippen molar-refractivity contribution in [2.24, 2.45) is 4.99 Å². The summed E-state index contributed by atoms with van der Waals surface area (Å²) in [6, 6.07) is 4.54. The average molecular weight is 444 g/mol. The number of guanidine groups is 1. The Morgan fingerprint density at radius 2 is 2.14 bits per heavy atom. The molecule has 1 aromatic heterocycles. The van der Waals surface area contributed by atoms with Crippen LogP contribution in [-0.4, -0.2) is 44.2 Å². The lowest BCUT2D eigenvalue weighted by atomic mass is 10.2. The fourth-order valence-corrected chi connectivity index (χ4v) is 4.18. The van der Waals surface area contributed by atoms with Crippen molar-refractivity contribution in [2.75, 3.05) is 31.6 Å². The first kappa shape index (κ1) is 21.6. The molecule has 2 heterocycles. The molecule has 1 fully saturated rings. The van der Waals surface area contributed by atoms with Crippen molar-refractivity contribution < 1.29 is 13.5 Å². The van der Waals surface area contributed by atoms with Gasteiger partial charge in [-0.2, -0.15) is 8.78 Å². The number of hydrogen-bond acceptors (Lipinski definition) is 5. The molecule has 10 heteroatoms. The molecule has 0 unspecified atom stereocenters. The monoisotopic (exact) mass is 443 g/mol. The van der Waals surface area contributed by atoms with Gasteiger partial charge in [-0.1, -0.05) is 11.6 Å². The van der Waals surface area contributed by atoms with E-state index in [1.54, 1.807) is 24.5 Å². The minimum Gasteiger partial charge on any atom is -0.434 e. The quantitative estimate of drug-likeness (QED) is 0.478. The van der Waals surface area contributed by atoms with Gasteiger partial charge in [-0.25, -0.2) is 4.98 Å². The SMILES string of the molecule is CN=C(NCCc1csc(N2CCCC2)n1)NCc1cc(Cl)ccc1OC(F)F. The van der Waals surface area contributed by atoms with Crippen LogP contribution < -0.4 is 20.3 Å². The molecular formula is C19H24ClF2N5OS. The third kappa shape index (κ3) is 6.43. The molecule has 2 N–H and O–H groups in total. The number of rotatable bonds is 8. The van der Waals surface area contributed by atoms with Crippen LogP contribution >= 0.6 is 22.9 Å². The lowest BCUT2D eigenvalue weighted by Crippen LogP contribution is -2.38. The number of aromatic nitrogens is 1. The van der Waals surface area contributed by atoms with E-state index in [2.05, 4.69) is 30.6 Å². The summed E-state index contributed by atoms with van der Waals surface area (Å²) in [4.78, 5) is 11.2. The maximum Gasteiger partial charge on any atom is 0.387 e. The van der Waals surface area contributed by atoms with Crippen LogP contribution in [0.3, 0.4) is 0 Å². The second kappa shape index (κ2) is 10.6. The number of thiazole rings is 1. The molecule has 1 saturated heterocycles. The Hall–Kier alpha value is -2.13. The van der Waals surface area contributed by atoms with Crippen LogP contribution in [-0.2, 0) is 13.0 Å². The topological polar surface area (TPSA) is 61.8 Å². The van der Waals surface area contributed by atoms with Gasteiger partial charge in [0.15, 0.2) is 11.1 Å². The number of benzene rings is 1. The lowest BCUT2D eigenvalue weighted by Gasteiger charge is -2.15. The molecule has 0 bridgehead atoms. The Bertz CT molecular complexity index is 827. The van der Waals surface area contributed by atoms with E-state index in [0.29, 0.717) is 23.1 Å². The highest BCUT2D eigenvalue weighted by Gasteiger charge is 2.15. The number of alkyl halides is 2. The van der Waals surface area contributed by atoms with Crippen LogP contribution in [0.5, 0.6) is 5.75 Å². The van der Waals surface area contributed by atoms with Crippen molar-refractivity contribution >= 4 is 34.0 Å². The van der Waals surface area contributed by atoms with Gasteiger partial charge in [0.05, 0.1) is 5.69 Å². The van der Waals surface area contributed by atoms with Crippen LogP contribution in [0.4, 0.5) is 13.9 Å². The first-order chi connectivity index (χ1) is 14.0. The predicted octanol–water partition coefficient (Wildman–Crippen LogP) is 3.91. The molecule has 0 amide bonds. The number of anilines is 1. The molecule has 0 aliphatic carbocycles. The summed E-state index contributed by atoms with van der Waals surface area (Å²) in [5.74, 6) is 0.646. The third-order valence-corrected chi connectivity index (χ3v) is 5.68. The molecule has 1 aliphatic heterocycles. The normalized spacial score (nSPS) is 14.5. The third-order valence-electron chi connectivity index (χ3n) is 4.50. The Balaban J connectivity index is 1.48. The van der Waals surface area contributed by atoms with Gasteiger partial charge in [0.25, 0.3) is 0 Å². The zero-order chi connectivity index (χ0) is 20.6. The smallest absolute Gasteiger partial charge is 0.387 e. The van der Waals surface area contributed by atoms with Gasteiger partial charge in [0.2, 0.25) is 0 Å². The van der Waals surface area contributed by atoms with Gasteiger partial charge in [-0.05, 0) is 31.0 Å². The molecule has 2 aromatic rings. The molecule has 158 valence electrons. The van der Waals surface area contributed by atoms with E-state index in [9.17, 15) is 8.78 Å². The average Bonchev–Trinajstić information content (AvgIpc) is 3.37. The van der Waals surface area contributed by atoms with Crippen molar-refractivity contribution in [3.05, 3.63) is 39.9 Å². The highest BCUT2D eigenvalue weighted by molar-refractivity contribution is 7.13.